The molecule has 3 aromatic heterocycles. The maximum absolute atomic E-state index is 5.42. The molecule has 0 atom stereocenters. The van der Waals surface area contributed by atoms with Gasteiger partial charge in [0.2, 0.25) is 0 Å². The molecule has 21 heavy (non-hydrogen) atoms. The average Bonchev–Trinajstić information content (AvgIpc) is 3.13. The van der Waals surface area contributed by atoms with Gasteiger partial charge in [-0.3, -0.25) is 4.98 Å². The van der Waals surface area contributed by atoms with Crippen LogP contribution in [0.5, 0.6) is 11.5 Å². The molecule has 0 aliphatic carbocycles. The molecule has 1 aromatic carbocycles. The van der Waals surface area contributed by atoms with Crippen LogP contribution in [-0.4, -0.2) is 23.8 Å². The van der Waals surface area contributed by atoms with E-state index in [1.165, 1.54) is 11.0 Å². The second-order valence-corrected chi connectivity index (χ2v) is 4.91. The van der Waals surface area contributed by atoms with Crippen molar-refractivity contribution < 1.29 is 9.47 Å². The molecule has 3 heterocycles. The number of rotatable bonds is 3. The maximum Gasteiger partial charge on any atom is 0.162 e. The topological polar surface area (TPSA) is 36.3 Å². The molecule has 0 aliphatic rings. The first kappa shape index (κ1) is 12.0. The zero-order valence-corrected chi connectivity index (χ0v) is 11.8. The summed E-state index contributed by atoms with van der Waals surface area (Å²) in [6, 6.07) is 14.4. The van der Waals surface area contributed by atoms with E-state index in [9.17, 15) is 0 Å². The van der Waals surface area contributed by atoms with Gasteiger partial charge in [-0.25, -0.2) is 0 Å². The summed E-state index contributed by atoms with van der Waals surface area (Å²) in [5.41, 5.74) is 4.33. The highest BCUT2D eigenvalue weighted by Crippen LogP contribution is 2.35. The largest absolute Gasteiger partial charge is 0.493 e. The molecule has 104 valence electrons. The van der Waals surface area contributed by atoms with Gasteiger partial charge in [-0.05, 0) is 36.4 Å². The molecule has 4 rings (SSSR count). The van der Waals surface area contributed by atoms with Gasteiger partial charge < -0.3 is 14.0 Å². The molecule has 0 amide bonds. The molecule has 4 aromatic rings. The van der Waals surface area contributed by atoms with Gasteiger partial charge in [0, 0.05) is 28.7 Å². The fourth-order valence-electron chi connectivity index (χ4n) is 2.83. The predicted octanol–water partition coefficient (Wildman–Crippen LogP) is 3.63. The number of aromatic nitrogens is 2. The lowest BCUT2D eigenvalue weighted by Crippen LogP contribution is -1.96. The Labute approximate surface area is 121 Å². The van der Waals surface area contributed by atoms with Gasteiger partial charge >= 0.3 is 0 Å². The van der Waals surface area contributed by atoms with Crippen molar-refractivity contribution in [3.63, 3.8) is 0 Å². The molecule has 0 radical (unpaired) electrons. The van der Waals surface area contributed by atoms with Crippen molar-refractivity contribution in [3.8, 4) is 17.2 Å². The first-order valence-corrected chi connectivity index (χ1v) is 6.73. The van der Waals surface area contributed by atoms with Gasteiger partial charge in [0.25, 0.3) is 0 Å². The summed E-state index contributed by atoms with van der Waals surface area (Å²) in [6.07, 6.45) is 1.82. The predicted molar refractivity (Wildman–Crippen MR) is 82.9 cm³/mol. The molecule has 0 saturated carbocycles. The number of fused-ring (bicyclic) bond motifs is 3. The molecule has 4 heteroatoms. The van der Waals surface area contributed by atoms with E-state index in [4.69, 9.17) is 9.47 Å². The minimum Gasteiger partial charge on any atom is -0.493 e. The Morgan fingerprint density at radius 1 is 0.857 bits per heavy atom. The normalized spacial score (nSPS) is 11.3. The van der Waals surface area contributed by atoms with E-state index in [-0.39, 0.29) is 0 Å². The van der Waals surface area contributed by atoms with Crippen molar-refractivity contribution in [2.45, 2.75) is 0 Å². The third kappa shape index (κ3) is 1.65. The van der Waals surface area contributed by atoms with Crippen LogP contribution in [0.15, 0.2) is 48.7 Å². The van der Waals surface area contributed by atoms with Gasteiger partial charge in [0.1, 0.15) is 0 Å². The van der Waals surface area contributed by atoms with E-state index in [0.29, 0.717) is 11.5 Å². The van der Waals surface area contributed by atoms with Crippen LogP contribution in [0, 0.1) is 0 Å². The highest BCUT2D eigenvalue weighted by molar-refractivity contribution is 5.92. The number of hydrogen-bond donors (Lipinski definition) is 0. The number of ether oxygens (including phenoxy) is 2. The highest BCUT2D eigenvalue weighted by Gasteiger charge is 2.13. The van der Waals surface area contributed by atoms with Crippen molar-refractivity contribution >= 4 is 21.9 Å². The lowest BCUT2D eigenvalue weighted by molar-refractivity contribution is 0.356. The SMILES string of the molecule is COc1cc2nccc(-n3c4ccc3cc4)c2cc1OC. The quantitative estimate of drug-likeness (QED) is 0.574. The Kier molecular flexibility index (Phi) is 2.51. The minimum atomic E-state index is 0.690. The van der Waals surface area contributed by atoms with Crippen molar-refractivity contribution in [2.75, 3.05) is 14.2 Å². The first-order chi connectivity index (χ1) is 10.3. The summed E-state index contributed by atoms with van der Waals surface area (Å²) in [4.78, 5) is 4.45. The van der Waals surface area contributed by atoms with Crippen molar-refractivity contribution in [2.24, 2.45) is 0 Å². The standard InChI is InChI=1S/C17H14N2O2/c1-20-16-9-13-14(10-17(16)21-2)18-8-7-15(13)19-11-3-4-12(19)6-5-11/h3-10H,1-2H3. The molecular formula is C17H14N2O2. The van der Waals surface area contributed by atoms with E-state index in [0.717, 1.165) is 16.6 Å². The van der Waals surface area contributed by atoms with Gasteiger partial charge in [-0.15, -0.1) is 0 Å². The Balaban J connectivity index is 2.06. The third-order valence-electron chi connectivity index (χ3n) is 3.83. The molecule has 0 saturated heterocycles. The Morgan fingerprint density at radius 2 is 1.48 bits per heavy atom. The number of benzene rings is 2. The summed E-state index contributed by atoms with van der Waals surface area (Å²) >= 11 is 0. The zero-order valence-electron chi connectivity index (χ0n) is 11.8. The zero-order chi connectivity index (χ0) is 14.4. The van der Waals surface area contributed by atoms with Crippen LogP contribution in [0.4, 0.5) is 0 Å². The van der Waals surface area contributed by atoms with Gasteiger partial charge in [0.15, 0.2) is 11.5 Å². The van der Waals surface area contributed by atoms with E-state index >= 15 is 0 Å². The monoisotopic (exact) mass is 278 g/mol. The minimum absolute atomic E-state index is 0.690. The lowest BCUT2D eigenvalue weighted by Gasteiger charge is -2.12. The molecule has 0 N–H and O–H groups in total. The number of methoxy groups -OCH3 is 2. The highest BCUT2D eigenvalue weighted by atomic mass is 16.5. The average molecular weight is 278 g/mol. The summed E-state index contributed by atoms with van der Waals surface area (Å²) in [7, 11) is 3.28. The van der Waals surface area contributed by atoms with E-state index < -0.39 is 0 Å². The first-order valence-electron chi connectivity index (χ1n) is 6.73. The van der Waals surface area contributed by atoms with Crippen molar-refractivity contribution in [1.82, 2.24) is 9.55 Å². The van der Waals surface area contributed by atoms with Gasteiger partial charge in [-0.1, -0.05) is 0 Å². The number of pyridine rings is 1. The molecule has 0 fully saturated rings. The Hall–Kier alpha value is -2.75. The molecular weight excluding hydrogens is 264 g/mol. The maximum atomic E-state index is 5.42. The molecule has 2 bridgehead atoms. The van der Waals surface area contributed by atoms with Crippen LogP contribution in [0.25, 0.3) is 27.6 Å². The van der Waals surface area contributed by atoms with Crippen LogP contribution < -0.4 is 9.47 Å². The summed E-state index contributed by atoms with van der Waals surface area (Å²) < 4.78 is 13.0. The second kappa shape index (κ2) is 4.38. The lowest BCUT2D eigenvalue weighted by atomic mass is 10.1. The Morgan fingerprint density at radius 3 is 2.10 bits per heavy atom. The molecule has 0 spiro atoms. The van der Waals surface area contributed by atoms with Crippen LogP contribution in [0.3, 0.4) is 0 Å². The van der Waals surface area contributed by atoms with Crippen LogP contribution in [-0.2, 0) is 0 Å². The van der Waals surface area contributed by atoms with Crippen LogP contribution in [0.2, 0.25) is 0 Å². The van der Waals surface area contributed by atoms with Crippen LogP contribution in [0.1, 0.15) is 0 Å². The summed E-state index contributed by atoms with van der Waals surface area (Å²) in [5, 5.41) is 1.04. The van der Waals surface area contributed by atoms with E-state index in [1.54, 1.807) is 14.2 Å². The molecule has 4 nitrogen and oxygen atoms in total. The molecule has 0 aliphatic heterocycles. The van der Waals surface area contributed by atoms with Crippen molar-refractivity contribution in [3.05, 3.63) is 48.7 Å². The van der Waals surface area contributed by atoms with E-state index in [1.807, 2.05) is 24.4 Å². The Bertz CT molecular complexity index is 879. The number of nitrogens with zero attached hydrogens (tertiary/aromatic N) is 2. The summed E-state index contributed by atoms with van der Waals surface area (Å²) in [5.74, 6) is 1.40. The summed E-state index contributed by atoms with van der Waals surface area (Å²) in [6.45, 7) is 0. The number of hydrogen-bond acceptors (Lipinski definition) is 3. The fraction of sp³-hybridized carbons (Fsp3) is 0.118. The molecule has 0 unspecified atom stereocenters. The smallest absolute Gasteiger partial charge is 0.162 e. The van der Waals surface area contributed by atoms with Gasteiger partial charge in [-0.2, -0.15) is 0 Å². The second-order valence-electron chi connectivity index (χ2n) is 4.91. The van der Waals surface area contributed by atoms with Crippen molar-refractivity contribution in [1.29, 1.82) is 0 Å². The fourth-order valence-corrected chi connectivity index (χ4v) is 2.83. The third-order valence-corrected chi connectivity index (χ3v) is 3.83. The van der Waals surface area contributed by atoms with E-state index in [2.05, 4.69) is 33.8 Å². The van der Waals surface area contributed by atoms with Crippen LogP contribution >= 0.6 is 0 Å². The van der Waals surface area contributed by atoms with Gasteiger partial charge in [0.05, 0.1) is 25.4 Å².